The molecule has 0 spiro atoms. The predicted octanol–water partition coefficient (Wildman–Crippen LogP) is 3.25. The normalized spacial score (nSPS) is 10.3. The molecule has 2 rings (SSSR count). The van der Waals surface area contributed by atoms with Crippen LogP contribution in [0.15, 0.2) is 36.7 Å². The summed E-state index contributed by atoms with van der Waals surface area (Å²) >= 11 is 5.77. The van der Waals surface area contributed by atoms with Crippen LogP contribution in [0.3, 0.4) is 0 Å². The maximum absolute atomic E-state index is 13.4. The number of hydrogen-bond donors (Lipinski definition) is 1. The highest BCUT2D eigenvalue weighted by atomic mass is 35.5. The van der Waals surface area contributed by atoms with Crippen LogP contribution in [0.1, 0.15) is 0 Å². The number of phenolic OH excluding ortho intramolecular Hbond substituents is 1. The minimum atomic E-state index is -0.491. The van der Waals surface area contributed by atoms with Crippen molar-refractivity contribution in [2.24, 2.45) is 0 Å². The molecule has 0 amide bonds. The van der Waals surface area contributed by atoms with Gasteiger partial charge in [0.1, 0.15) is 11.6 Å². The number of rotatable bonds is 1. The van der Waals surface area contributed by atoms with Gasteiger partial charge in [-0.3, -0.25) is 4.98 Å². The summed E-state index contributed by atoms with van der Waals surface area (Å²) in [4.78, 5) is 3.63. The quantitative estimate of drug-likeness (QED) is 0.805. The molecule has 1 N–H and O–H groups in total. The van der Waals surface area contributed by atoms with E-state index in [4.69, 9.17) is 11.6 Å². The number of aromatic hydroxyl groups is 1. The standard InChI is InChI=1S/C11H7ClFNO/c12-7-1-2-11(15)9(5-7)8-3-4-14-6-10(8)13/h1-6,15H. The maximum atomic E-state index is 13.4. The molecule has 76 valence electrons. The molecule has 1 aromatic carbocycles. The second-order valence-corrected chi connectivity index (χ2v) is 3.45. The topological polar surface area (TPSA) is 33.1 Å². The Kier molecular flexibility index (Phi) is 2.56. The molecule has 2 aromatic rings. The van der Waals surface area contributed by atoms with Crippen LogP contribution in [0.25, 0.3) is 11.1 Å². The Labute approximate surface area is 91.0 Å². The van der Waals surface area contributed by atoms with Crippen molar-refractivity contribution in [1.29, 1.82) is 0 Å². The number of benzene rings is 1. The average Bonchev–Trinajstić information content (AvgIpc) is 2.23. The van der Waals surface area contributed by atoms with Gasteiger partial charge in [0.15, 0.2) is 0 Å². The van der Waals surface area contributed by atoms with E-state index in [0.29, 0.717) is 10.6 Å². The van der Waals surface area contributed by atoms with Crippen LogP contribution in [0.5, 0.6) is 5.75 Å². The van der Waals surface area contributed by atoms with Crippen LogP contribution in [0, 0.1) is 5.82 Å². The molecule has 0 atom stereocenters. The van der Waals surface area contributed by atoms with Crippen molar-refractivity contribution in [3.8, 4) is 16.9 Å². The van der Waals surface area contributed by atoms with E-state index in [2.05, 4.69) is 4.98 Å². The first-order chi connectivity index (χ1) is 7.18. The molecule has 0 saturated carbocycles. The average molecular weight is 224 g/mol. The Hall–Kier alpha value is -1.61. The summed E-state index contributed by atoms with van der Waals surface area (Å²) < 4.78 is 13.4. The molecular weight excluding hydrogens is 217 g/mol. The smallest absolute Gasteiger partial charge is 0.149 e. The summed E-state index contributed by atoms with van der Waals surface area (Å²) in [7, 11) is 0. The largest absolute Gasteiger partial charge is 0.507 e. The molecule has 0 saturated heterocycles. The summed E-state index contributed by atoms with van der Waals surface area (Å²) in [6, 6.07) is 5.97. The summed E-state index contributed by atoms with van der Waals surface area (Å²) in [5.41, 5.74) is 0.646. The molecule has 2 nitrogen and oxygen atoms in total. The van der Waals surface area contributed by atoms with Gasteiger partial charge >= 0.3 is 0 Å². The summed E-state index contributed by atoms with van der Waals surface area (Å²) in [5.74, 6) is -0.500. The number of nitrogens with zero attached hydrogens (tertiary/aromatic N) is 1. The van der Waals surface area contributed by atoms with E-state index < -0.39 is 5.82 Å². The van der Waals surface area contributed by atoms with Crippen molar-refractivity contribution < 1.29 is 9.50 Å². The van der Waals surface area contributed by atoms with Gasteiger partial charge in [0.05, 0.1) is 6.20 Å². The summed E-state index contributed by atoms with van der Waals surface area (Å²) in [6.07, 6.45) is 2.55. The SMILES string of the molecule is Oc1ccc(Cl)cc1-c1ccncc1F. The van der Waals surface area contributed by atoms with E-state index in [1.807, 2.05) is 0 Å². The van der Waals surface area contributed by atoms with Crippen LogP contribution in [-0.4, -0.2) is 10.1 Å². The van der Waals surface area contributed by atoms with Gasteiger partial charge in [0.2, 0.25) is 0 Å². The first-order valence-corrected chi connectivity index (χ1v) is 4.64. The predicted molar refractivity (Wildman–Crippen MR) is 56.3 cm³/mol. The molecule has 0 aliphatic carbocycles. The molecule has 0 radical (unpaired) electrons. The van der Waals surface area contributed by atoms with Gasteiger partial charge in [-0.25, -0.2) is 4.39 Å². The van der Waals surface area contributed by atoms with E-state index in [0.717, 1.165) is 6.20 Å². The Morgan fingerprint density at radius 3 is 2.73 bits per heavy atom. The van der Waals surface area contributed by atoms with E-state index in [1.54, 1.807) is 6.07 Å². The van der Waals surface area contributed by atoms with Crippen LogP contribution >= 0.6 is 11.6 Å². The van der Waals surface area contributed by atoms with Crippen molar-refractivity contribution in [3.63, 3.8) is 0 Å². The van der Waals surface area contributed by atoms with E-state index in [-0.39, 0.29) is 11.3 Å². The Bertz CT molecular complexity index is 502. The zero-order valence-electron chi connectivity index (χ0n) is 7.61. The van der Waals surface area contributed by atoms with Gasteiger partial charge < -0.3 is 5.11 Å². The monoisotopic (exact) mass is 223 g/mol. The molecule has 1 heterocycles. The molecule has 0 aliphatic heterocycles. The van der Waals surface area contributed by atoms with E-state index in [9.17, 15) is 9.50 Å². The third-order valence-corrected chi connectivity index (χ3v) is 2.26. The molecular formula is C11H7ClFNO. The van der Waals surface area contributed by atoms with Crippen molar-refractivity contribution in [2.45, 2.75) is 0 Å². The fraction of sp³-hybridized carbons (Fsp3) is 0. The van der Waals surface area contributed by atoms with E-state index in [1.165, 1.54) is 24.4 Å². The number of halogens is 2. The summed E-state index contributed by atoms with van der Waals surface area (Å²) in [5, 5.41) is 10.0. The Balaban J connectivity index is 2.64. The number of aromatic nitrogens is 1. The minimum Gasteiger partial charge on any atom is -0.507 e. The van der Waals surface area contributed by atoms with Gasteiger partial charge in [0.25, 0.3) is 0 Å². The molecule has 0 unspecified atom stereocenters. The molecule has 0 fully saturated rings. The minimum absolute atomic E-state index is 0.00972. The van der Waals surface area contributed by atoms with Crippen LogP contribution in [0.4, 0.5) is 4.39 Å². The van der Waals surface area contributed by atoms with Crippen LogP contribution < -0.4 is 0 Å². The third-order valence-electron chi connectivity index (χ3n) is 2.02. The van der Waals surface area contributed by atoms with E-state index >= 15 is 0 Å². The van der Waals surface area contributed by atoms with Gasteiger partial charge in [-0.1, -0.05) is 11.6 Å². The van der Waals surface area contributed by atoms with Crippen molar-refractivity contribution in [2.75, 3.05) is 0 Å². The molecule has 0 bridgehead atoms. The second-order valence-electron chi connectivity index (χ2n) is 3.02. The zero-order chi connectivity index (χ0) is 10.8. The lowest BCUT2D eigenvalue weighted by atomic mass is 10.1. The Morgan fingerprint density at radius 1 is 1.20 bits per heavy atom. The lowest BCUT2D eigenvalue weighted by Gasteiger charge is -2.05. The molecule has 0 aliphatic rings. The lowest BCUT2D eigenvalue weighted by molar-refractivity contribution is 0.476. The van der Waals surface area contributed by atoms with Crippen LogP contribution in [-0.2, 0) is 0 Å². The first-order valence-electron chi connectivity index (χ1n) is 4.27. The van der Waals surface area contributed by atoms with Gasteiger partial charge in [-0.15, -0.1) is 0 Å². The molecule has 15 heavy (non-hydrogen) atoms. The zero-order valence-corrected chi connectivity index (χ0v) is 8.37. The van der Waals surface area contributed by atoms with Gasteiger partial charge in [-0.05, 0) is 24.3 Å². The first kappa shape index (κ1) is 9.93. The third kappa shape index (κ3) is 1.92. The fourth-order valence-corrected chi connectivity index (χ4v) is 1.49. The van der Waals surface area contributed by atoms with Crippen molar-refractivity contribution >= 4 is 11.6 Å². The second kappa shape index (κ2) is 3.87. The maximum Gasteiger partial charge on any atom is 0.149 e. The highest BCUT2D eigenvalue weighted by Crippen LogP contribution is 2.32. The van der Waals surface area contributed by atoms with Crippen LogP contribution in [0.2, 0.25) is 5.02 Å². The number of phenols is 1. The van der Waals surface area contributed by atoms with Gasteiger partial charge in [0, 0.05) is 22.3 Å². The highest BCUT2D eigenvalue weighted by molar-refractivity contribution is 6.31. The van der Waals surface area contributed by atoms with Gasteiger partial charge in [-0.2, -0.15) is 0 Å². The molecule has 1 aromatic heterocycles. The fourth-order valence-electron chi connectivity index (χ4n) is 1.32. The van der Waals surface area contributed by atoms with Crippen molar-refractivity contribution in [3.05, 3.63) is 47.5 Å². The van der Waals surface area contributed by atoms with Crippen molar-refractivity contribution in [1.82, 2.24) is 4.98 Å². The number of pyridine rings is 1. The summed E-state index contributed by atoms with van der Waals surface area (Å²) in [6.45, 7) is 0. The highest BCUT2D eigenvalue weighted by Gasteiger charge is 2.09. The Morgan fingerprint density at radius 2 is 2.00 bits per heavy atom. The molecule has 4 heteroatoms. The number of hydrogen-bond acceptors (Lipinski definition) is 2. The lowest BCUT2D eigenvalue weighted by Crippen LogP contribution is -1.86.